The van der Waals surface area contributed by atoms with Crippen molar-refractivity contribution in [3.63, 3.8) is 0 Å². The molecule has 0 saturated carbocycles. The number of hydrogen-bond donors (Lipinski definition) is 2. The Kier molecular flexibility index (Phi) is 5.81. The van der Waals surface area contributed by atoms with Crippen LogP contribution in [0.1, 0.15) is 15.9 Å². The monoisotopic (exact) mass is 339 g/mol. The maximum absolute atomic E-state index is 12.6. The van der Waals surface area contributed by atoms with Gasteiger partial charge in [-0.15, -0.1) is 0 Å². The molecule has 0 bridgehead atoms. The predicted molar refractivity (Wildman–Crippen MR) is 81.7 cm³/mol. The van der Waals surface area contributed by atoms with Crippen molar-refractivity contribution < 1.29 is 27.8 Å². The highest BCUT2D eigenvalue weighted by Gasteiger charge is 2.30. The predicted octanol–water partition coefficient (Wildman–Crippen LogP) is 2.88. The minimum absolute atomic E-state index is 0.00161. The third-order valence-corrected chi connectivity index (χ3v) is 3.14. The Morgan fingerprint density at radius 1 is 1.12 bits per heavy atom. The molecule has 0 aliphatic heterocycles. The van der Waals surface area contributed by atoms with Gasteiger partial charge >= 0.3 is 6.18 Å². The van der Waals surface area contributed by atoms with E-state index in [1.165, 1.54) is 12.1 Å². The largest absolute Gasteiger partial charge is 0.491 e. The van der Waals surface area contributed by atoms with E-state index in [0.717, 1.165) is 12.1 Å². The molecule has 0 saturated heterocycles. The Bertz CT molecular complexity index is 674. The number of aliphatic hydroxyl groups excluding tert-OH is 1. The number of alkyl halides is 3. The molecule has 2 aromatic rings. The highest BCUT2D eigenvalue weighted by Crippen LogP contribution is 2.31. The number of benzene rings is 2. The summed E-state index contributed by atoms with van der Waals surface area (Å²) in [6, 6.07) is 12.8. The second-order valence-electron chi connectivity index (χ2n) is 5.07. The average molecular weight is 339 g/mol. The molecule has 0 radical (unpaired) electrons. The summed E-state index contributed by atoms with van der Waals surface area (Å²) in [5.74, 6) is -0.355. The van der Waals surface area contributed by atoms with Gasteiger partial charge in [-0.1, -0.05) is 24.3 Å². The van der Waals surface area contributed by atoms with Crippen LogP contribution < -0.4 is 10.1 Å². The fraction of sp³-hybridized carbons (Fsp3) is 0.235. The maximum atomic E-state index is 12.6. The maximum Gasteiger partial charge on any atom is 0.416 e. The molecule has 2 N–H and O–H groups in total. The molecular formula is C17H16F3NO3. The van der Waals surface area contributed by atoms with Crippen LogP contribution in [0.2, 0.25) is 0 Å². The van der Waals surface area contributed by atoms with Crippen molar-refractivity contribution in [2.75, 3.05) is 13.2 Å². The van der Waals surface area contributed by atoms with Gasteiger partial charge in [-0.25, -0.2) is 0 Å². The van der Waals surface area contributed by atoms with Gasteiger partial charge in [0, 0.05) is 12.1 Å². The zero-order valence-electron chi connectivity index (χ0n) is 12.6. The van der Waals surface area contributed by atoms with E-state index < -0.39 is 17.8 Å². The van der Waals surface area contributed by atoms with Crippen LogP contribution in [0, 0.1) is 0 Å². The molecule has 0 heterocycles. The van der Waals surface area contributed by atoms with E-state index in [1.807, 2.05) is 0 Å². The van der Waals surface area contributed by atoms with Crippen LogP contribution in [0.15, 0.2) is 54.6 Å². The van der Waals surface area contributed by atoms with Crippen LogP contribution >= 0.6 is 0 Å². The third kappa shape index (κ3) is 5.27. The summed E-state index contributed by atoms with van der Waals surface area (Å²) in [5.41, 5.74) is -0.379. The van der Waals surface area contributed by atoms with Crippen molar-refractivity contribution in [3.05, 3.63) is 65.7 Å². The van der Waals surface area contributed by atoms with Crippen molar-refractivity contribution in [2.24, 2.45) is 0 Å². The van der Waals surface area contributed by atoms with E-state index in [-0.39, 0.29) is 24.8 Å². The second kappa shape index (κ2) is 7.83. The van der Waals surface area contributed by atoms with Gasteiger partial charge in [0.15, 0.2) is 0 Å². The number of ether oxygens (including phenoxy) is 1. The van der Waals surface area contributed by atoms with Gasteiger partial charge in [-0.05, 0) is 30.3 Å². The first-order chi connectivity index (χ1) is 11.4. The summed E-state index contributed by atoms with van der Waals surface area (Å²) in [6.07, 6.45) is -5.51. The number of carbonyl (C=O) groups excluding carboxylic acids is 1. The van der Waals surface area contributed by atoms with Crippen LogP contribution in [0.4, 0.5) is 13.2 Å². The fourth-order valence-corrected chi connectivity index (χ4v) is 1.92. The summed E-state index contributed by atoms with van der Waals surface area (Å²) in [7, 11) is 0. The minimum atomic E-state index is -4.46. The fourth-order valence-electron chi connectivity index (χ4n) is 1.92. The van der Waals surface area contributed by atoms with Crippen molar-refractivity contribution >= 4 is 5.91 Å². The Balaban J connectivity index is 1.81. The summed E-state index contributed by atoms with van der Waals surface area (Å²) >= 11 is 0. The summed E-state index contributed by atoms with van der Waals surface area (Å²) < 4.78 is 42.9. The number of hydrogen-bond acceptors (Lipinski definition) is 3. The van der Waals surface area contributed by atoms with Crippen LogP contribution in [0.3, 0.4) is 0 Å². The van der Waals surface area contributed by atoms with E-state index in [1.54, 1.807) is 30.3 Å². The zero-order valence-corrected chi connectivity index (χ0v) is 12.6. The minimum Gasteiger partial charge on any atom is -0.491 e. The van der Waals surface area contributed by atoms with Crippen LogP contribution in [-0.2, 0) is 6.18 Å². The number of halogens is 3. The topological polar surface area (TPSA) is 58.6 Å². The van der Waals surface area contributed by atoms with Crippen molar-refractivity contribution in [3.8, 4) is 5.75 Å². The van der Waals surface area contributed by atoms with Crippen molar-refractivity contribution in [1.29, 1.82) is 0 Å². The quantitative estimate of drug-likeness (QED) is 0.851. The number of nitrogens with one attached hydrogen (secondary N) is 1. The molecule has 7 heteroatoms. The lowest BCUT2D eigenvalue weighted by Gasteiger charge is -2.14. The van der Waals surface area contributed by atoms with Gasteiger partial charge in [0.2, 0.25) is 0 Å². The highest BCUT2D eigenvalue weighted by molar-refractivity contribution is 5.94. The normalized spacial score (nSPS) is 12.5. The van der Waals surface area contributed by atoms with Gasteiger partial charge in [0.25, 0.3) is 5.91 Å². The average Bonchev–Trinajstić information content (AvgIpc) is 2.58. The zero-order chi connectivity index (χ0) is 17.6. The van der Waals surface area contributed by atoms with Gasteiger partial charge in [0.1, 0.15) is 18.5 Å². The molecule has 0 aliphatic carbocycles. The lowest BCUT2D eigenvalue weighted by Crippen LogP contribution is -2.35. The first-order valence-electron chi connectivity index (χ1n) is 7.17. The van der Waals surface area contributed by atoms with Gasteiger partial charge in [-0.3, -0.25) is 4.79 Å². The second-order valence-corrected chi connectivity index (χ2v) is 5.07. The van der Waals surface area contributed by atoms with Crippen molar-refractivity contribution in [1.82, 2.24) is 5.32 Å². The van der Waals surface area contributed by atoms with E-state index in [4.69, 9.17) is 4.74 Å². The van der Waals surface area contributed by atoms with Crippen LogP contribution in [-0.4, -0.2) is 30.3 Å². The SMILES string of the molecule is O=C(NC[C@@H](O)COc1cccc(C(F)(F)F)c1)c1ccccc1. The molecule has 0 spiro atoms. The van der Waals surface area contributed by atoms with Gasteiger partial charge in [0.05, 0.1) is 5.56 Å². The summed E-state index contributed by atoms with van der Waals surface area (Å²) in [6.45, 7) is -0.316. The Labute approximate surface area is 136 Å². The van der Waals surface area contributed by atoms with E-state index in [0.29, 0.717) is 5.56 Å². The molecule has 0 aromatic heterocycles. The first kappa shape index (κ1) is 17.8. The van der Waals surface area contributed by atoms with Crippen molar-refractivity contribution in [2.45, 2.75) is 12.3 Å². The standard InChI is InChI=1S/C17H16F3NO3/c18-17(19,20)13-7-4-8-15(9-13)24-11-14(22)10-21-16(23)12-5-2-1-3-6-12/h1-9,14,22H,10-11H2,(H,21,23)/t14-/m1/s1. The van der Waals surface area contributed by atoms with Crippen LogP contribution in [0.5, 0.6) is 5.75 Å². The molecule has 24 heavy (non-hydrogen) atoms. The lowest BCUT2D eigenvalue weighted by molar-refractivity contribution is -0.137. The first-order valence-corrected chi connectivity index (χ1v) is 7.17. The number of amides is 1. The molecule has 2 aromatic carbocycles. The molecular weight excluding hydrogens is 323 g/mol. The molecule has 0 unspecified atom stereocenters. The molecule has 4 nitrogen and oxygen atoms in total. The Morgan fingerprint density at radius 2 is 1.83 bits per heavy atom. The van der Waals surface area contributed by atoms with Gasteiger partial charge in [-0.2, -0.15) is 13.2 Å². The Morgan fingerprint density at radius 3 is 2.50 bits per heavy atom. The molecule has 1 atom stereocenters. The van der Waals surface area contributed by atoms with Gasteiger partial charge < -0.3 is 15.2 Å². The molecule has 0 aliphatic rings. The van der Waals surface area contributed by atoms with Crippen LogP contribution in [0.25, 0.3) is 0 Å². The summed E-state index contributed by atoms with van der Waals surface area (Å²) in [4.78, 5) is 11.8. The Hall–Kier alpha value is -2.54. The number of aliphatic hydroxyl groups is 1. The third-order valence-electron chi connectivity index (χ3n) is 3.14. The number of carbonyl (C=O) groups is 1. The number of rotatable bonds is 6. The lowest BCUT2D eigenvalue weighted by atomic mass is 10.2. The molecule has 2 rings (SSSR count). The molecule has 1 amide bonds. The highest BCUT2D eigenvalue weighted by atomic mass is 19.4. The van der Waals surface area contributed by atoms with E-state index >= 15 is 0 Å². The smallest absolute Gasteiger partial charge is 0.416 e. The summed E-state index contributed by atoms with van der Waals surface area (Å²) in [5, 5.41) is 12.3. The molecule has 128 valence electrons. The molecule has 0 fully saturated rings. The van der Waals surface area contributed by atoms with E-state index in [2.05, 4.69) is 5.32 Å². The van der Waals surface area contributed by atoms with E-state index in [9.17, 15) is 23.1 Å².